The lowest BCUT2D eigenvalue weighted by molar-refractivity contribution is -0.139. The number of aryl methyl sites for hydroxylation is 1. The third kappa shape index (κ3) is 4.53. The molecule has 0 spiro atoms. The van der Waals surface area contributed by atoms with Crippen LogP contribution in [0.15, 0.2) is 12.3 Å². The first kappa shape index (κ1) is 21.5. The highest BCUT2D eigenvalue weighted by Crippen LogP contribution is 2.33. The Bertz CT molecular complexity index is 942. The van der Waals surface area contributed by atoms with Crippen molar-refractivity contribution >= 4 is 35.0 Å². The van der Waals surface area contributed by atoms with Gasteiger partial charge in [-0.2, -0.15) is 13.2 Å². The van der Waals surface area contributed by atoms with Crippen molar-refractivity contribution in [2.24, 2.45) is 5.73 Å². The number of carboxylic acids is 1. The normalized spacial score (nSPS) is 12.8. The van der Waals surface area contributed by atoms with Gasteiger partial charge in [0.15, 0.2) is 5.65 Å². The van der Waals surface area contributed by atoms with Crippen LogP contribution in [0, 0.1) is 0 Å². The second-order valence-corrected chi connectivity index (χ2v) is 6.31. The molecule has 0 aliphatic carbocycles. The van der Waals surface area contributed by atoms with Crippen molar-refractivity contribution in [3.05, 3.63) is 34.2 Å². The number of nitrogens with two attached hydrogens (primary N) is 1. The minimum atomic E-state index is -4.71. The van der Waals surface area contributed by atoms with Crippen molar-refractivity contribution < 1.29 is 32.7 Å². The van der Waals surface area contributed by atoms with Gasteiger partial charge < -0.3 is 16.2 Å². The van der Waals surface area contributed by atoms with E-state index in [9.17, 15) is 32.7 Å². The lowest BCUT2D eigenvalue weighted by Gasteiger charge is -2.15. The Balaban J connectivity index is 2.51. The van der Waals surface area contributed by atoms with Crippen molar-refractivity contribution in [3.8, 4) is 0 Å². The third-order valence-electron chi connectivity index (χ3n) is 3.91. The fourth-order valence-electron chi connectivity index (χ4n) is 2.56. The van der Waals surface area contributed by atoms with E-state index in [1.165, 1.54) is 0 Å². The molecule has 2 aromatic rings. The van der Waals surface area contributed by atoms with Crippen molar-refractivity contribution in [3.63, 3.8) is 0 Å². The molecule has 0 saturated heterocycles. The topological polar surface area (TPSA) is 127 Å². The van der Waals surface area contributed by atoms with E-state index in [1.807, 2.05) is 0 Å². The molecule has 2 heterocycles. The number of nitrogens with zero attached hydrogens (tertiary/aromatic N) is 2. The first-order valence-electron chi connectivity index (χ1n) is 8.05. The molecule has 0 saturated carbocycles. The van der Waals surface area contributed by atoms with Gasteiger partial charge in [-0.25, -0.2) is 9.78 Å². The van der Waals surface area contributed by atoms with Crippen LogP contribution in [0.1, 0.15) is 41.5 Å². The van der Waals surface area contributed by atoms with Crippen LogP contribution in [0.4, 0.5) is 13.2 Å². The van der Waals surface area contributed by atoms with Crippen LogP contribution in [0.3, 0.4) is 0 Å². The Labute approximate surface area is 161 Å². The molecule has 28 heavy (non-hydrogen) atoms. The van der Waals surface area contributed by atoms with Gasteiger partial charge in [0.25, 0.3) is 5.91 Å². The molecule has 2 amide bonds. The molecule has 1 atom stereocenters. The average Bonchev–Trinajstić information content (AvgIpc) is 2.96. The number of pyridine rings is 1. The number of imidazole rings is 1. The van der Waals surface area contributed by atoms with Gasteiger partial charge in [-0.05, 0) is 18.9 Å². The quantitative estimate of drug-likeness (QED) is 0.631. The number of carboxylic acid groups (broad SMARTS) is 1. The average molecular weight is 421 g/mol. The van der Waals surface area contributed by atoms with Gasteiger partial charge in [-0.1, -0.05) is 18.5 Å². The first-order valence-corrected chi connectivity index (χ1v) is 8.43. The molecule has 0 bridgehead atoms. The van der Waals surface area contributed by atoms with Crippen molar-refractivity contribution in [2.45, 2.75) is 38.4 Å². The molecule has 0 radical (unpaired) electrons. The zero-order valence-electron chi connectivity index (χ0n) is 14.5. The number of halogens is 4. The summed E-state index contributed by atoms with van der Waals surface area (Å²) in [5.74, 6) is -3.14. The maximum Gasteiger partial charge on any atom is 0.417 e. The van der Waals surface area contributed by atoms with E-state index in [4.69, 9.17) is 17.3 Å². The zero-order valence-corrected chi connectivity index (χ0v) is 15.3. The summed E-state index contributed by atoms with van der Waals surface area (Å²) in [5, 5.41) is 11.1. The Kier molecular flexibility index (Phi) is 6.17. The van der Waals surface area contributed by atoms with Gasteiger partial charge in [0.2, 0.25) is 5.91 Å². The van der Waals surface area contributed by atoms with Crippen LogP contribution in [-0.2, 0) is 22.2 Å². The molecule has 1 unspecified atom stereocenters. The molecule has 0 fully saturated rings. The zero-order chi connectivity index (χ0) is 21.2. The summed E-state index contributed by atoms with van der Waals surface area (Å²) in [7, 11) is 0. The number of hydrogen-bond acceptors (Lipinski definition) is 4. The summed E-state index contributed by atoms with van der Waals surface area (Å²) in [6.45, 7) is 1.62. The van der Waals surface area contributed by atoms with Crippen LogP contribution in [0.2, 0.25) is 5.02 Å². The van der Waals surface area contributed by atoms with Crippen molar-refractivity contribution in [1.29, 1.82) is 0 Å². The summed E-state index contributed by atoms with van der Waals surface area (Å²) in [4.78, 5) is 38.9. The van der Waals surface area contributed by atoms with E-state index in [1.54, 1.807) is 6.92 Å². The SMILES string of the molecule is CCc1nc2c(Cl)cc(C(F)(F)F)cn2c1C(=O)NC(CCC(N)=O)C(=O)O. The summed E-state index contributed by atoms with van der Waals surface area (Å²) in [5.41, 5.74) is 3.69. The van der Waals surface area contributed by atoms with E-state index >= 15 is 0 Å². The van der Waals surface area contributed by atoms with E-state index < -0.39 is 35.6 Å². The largest absolute Gasteiger partial charge is 0.480 e. The lowest BCUT2D eigenvalue weighted by atomic mass is 10.1. The standard InChI is InChI=1S/C16H16ClF3N4O4/c1-2-9-12(14(26)23-10(15(27)28)3-4-11(21)25)24-6-7(16(18,19)20)5-8(17)13(24)22-9/h5-6,10H,2-4H2,1H3,(H2,21,25)(H,23,26)(H,27,28). The van der Waals surface area contributed by atoms with Crippen LogP contribution < -0.4 is 11.1 Å². The Morgan fingerprint density at radius 2 is 2.04 bits per heavy atom. The minimum Gasteiger partial charge on any atom is -0.480 e. The molecular weight excluding hydrogens is 405 g/mol. The molecule has 152 valence electrons. The van der Waals surface area contributed by atoms with E-state index in [0.29, 0.717) is 12.3 Å². The monoisotopic (exact) mass is 420 g/mol. The number of amides is 2. The number of hydrogen-bond donors (Lipinski definition) is 3. The van der Waals surface area contributed by atoms with Crippen LogP contribution in [0.5, 0.6) is 0 Å². The summed E-state index contributed by atoms with van der Waals surface area (Å²) in [6, 6.07) is -0.769. The molecular formula is C16H16ClF3N4O4. The number of carbonyl (C=O) groups is 3. The van der Waals surface area contributed by atoms with Gasteiger partial charge in [-0.15, -0.1) is 0 Å². The Morgan fingerprint density at radius 3 is 2.54 bits per heavy atom. The van der Waals surface area contributed by atoms with Crippen molar-refractivity contribution in [2.75, 3.05) is 0 Å². The lowest BCUT2D eigenvalue weighted by Crippen LogP contribution is -2.42. The number of aliphatic carboxylic acids is 1. The number of rotatable bonds is 7. The van der Waals surface area contributed by atoms with Crippen molar-refractivity contribution in [1.82, 2.24) is 14.7 Å². The first-order chi connectivity index (χ1) is 13.0. The van der Waals surface area contributed by atoms with Crippen LogP contribution in [0.25, 0.3) is 5.65 Å². The van der Waals surface area contributed by atoms with Crippen LogP contribution >= 0.6 is 11.6 Å². The van der Waals surface area contributed by atoms with Gasteiger partial charge in [0, 0.05) is 12.6 Å². The summed E-state index contributed by atoms with van der Waals surface area (Å²) < 4.78 is 40.2. The highest BCUT2D eigenvalue weighted by molar-refractivity contribution is 6.33. The van der Waals surface area contributed by atoms with E-state index in [-0.39, 0.29) is 41.3 Å². The molecule has 2 rings (SSSR count). The van der Waals surface area contributed by atoms with E-state index in [2.05, 4.69) is 10.3 Å². The maximum absolute atomic E-state index is 13.1. The second kappa shape index (κ2) is 8.05. The molecule has 0 aromatic carbocycles. The highest BCUT2D eigenvalue weighted by atomic mass is 35.5. The molecule has 2 aromatic heterocycles. The number of nitrogens with one attached hydrogen (secondary N) is 1. The van der Waals surface area contributed by atoms with Gasteiger partial charge in [0.05, 0.1) is 16.3 Å². The van der Waals surface area contributed by atoms with Gasteiger partial charge >= 0.3 is 12.1 Å². The maximum atomic E-state index is 13.1. The second-order valence-electron chi connectivity index (χ2n) is 5.90. The Hall–Kier alpha value is -2.82. The molecule has 8 nitrogen and oxygen atoms in total. The van der Waals surface area contributed by atoms with Crippen LogP contribution in [-0.4, -0.2) is 38.3 Å². The number of carbonyl (C=O) groups excluding carboxylic acids is 2. The fraction of sp³-hybridized carbons (Fsp3) is 0.375. The molecule has 0 aliphatic heterocycles. The molecule has 0 aliphatic rings. The number of alkyl halides is 3. The third-order valence-corrected chi connectivity index (χ3v) is 4.19. The summed E-state index contributed by atoms with van der Waals surface area (Å²) in [6.07, 6.45) is -4.44. The molecule has 12 heteroatoms. The predicted octanol–water partition coefficient (Wildman–Crippen LogP) is 2.02. The highest BCUT2D eigenvalue weighted by Gasteiger charge is 2.33. The fourth-order valence-corrected chi connectivity index (χ4v) is 2.81. The van der Waals surface area contributed by atoms with Gasteiger partial charge in [0.1, 0.15) is 11.7 Å². The minimum absolute atomic E-state index is 0.0688. The van der Waals surface area contributed by atoms with E-state index in [0.717, 1.165) is 4.40 Å². The molecule has 4 N–H and O–H groups in total. The Morgan fingerprint density at radius 1 is 1.39 bits per heavy atom. The smallest absolute Gasteiger partial charge is 0.417 e. The number of fused-ring (bicyclic) bond motifs is 1. The predicted molar refractivity (Wildman–Crippen MR) is 91.9 cm³/mol. The summed E-state index contributed by atoms with van der Waals surface area (Å²) >= 11 is 5.90. The number of primary amides is 1. The number of aromatic nitrogens is 2. The van der Waals surface area contributed by atoms with Gasteiger partial charge in [-0.3, -0.25) is 14.0 Å².